The minimum Gasteiger partial charge on any atom is -0.462 e. The van der Waals surface area contributed by atoms with Crippen molar-refractivity contribution in [1.29, 1.82) is 0 Å². The molecule has 1 aromatic rings. The van der Waals surface area contributed by atoms with Crippen molar-refractivity contribution in [2.24, 2.45) is 0 Å². The molecule has 0 aliphatic carbocycles. The van der Waals surface area contributed by atoms with Crippen LogP contribution in [-0.4, -0.2) is 40.5 Å². The van der Waals surface area contributed by atoms with Gasteiger partial charge in [0.05, 0.1) is 18.8 Å². The number of hydrogen-bond acceptors (Lipinski definition) is 7. The molecule has 0 fully saturated rings. The Morgan fingerprint density at radius 2 is 2.15 bits per heavy atom. The summed E-state index contributed by atoms with van der Waals surface area (Å²) in [4.78, 5) is 19.7. The summed E-state index contributed by atoms with van der Waals surface area (Å²) in [6, 6.07) is 0. The van der Waals surface area contributed by atoms with Crippen LogP contribution in [0, 0.1) is 0 Å². The predicted molar refractivity (Wildman–Crippen MR) is 78.8 cm³/mol. The van der Waals surface area contributed by atoms with E-state index in [1.807, 2.05) is 20.8 Å². The summed E-state index contributed by atoms with van der Waals surface area (Å²) in [7, 11) is 0. The average molecular weight is 299 g/mol. The third kappa shape index (κ3) is 5.75. The van der Waals surface area contributed by atoms with E-state index in [-0.39, 0.29) is 17.0 Å². The van der Waals surface area contributed by atoms with Crippen molar-refractivity contribution in [3.63, 3.8) is 0 Å². The SMILES string of the molecule is CCOC(=O)c1cnc(SCCOC(C)(C)C)nc1N. The second kappa shape index (κ2) is 7.44. The van der Waals surface area contributed by atoms with Crippen molar-refractivity contribution in [1.82, 2.24) is 9.97 Å². The van der Waals surface area contributed by atoms with Gasteiger partial charge in [0.15, 0.2) is 5.16 Å². The number of nitrogens with zero attached hydrogens (tertiary/aromatic N) is 2. The number of nitrogen functional groups attached to an aromatic ring is 1. The summed E-state index contributed by atoms with van der Waals surface area (Å²) in [5, 5.41) is 0.521. The summed E-state index contributed by atoms with van der Waals surface area (Å²) < 4.78 is 10.5. The first kappa shape index (κ1) is 16.7. The van der Waals surface area contributed by atoms with E-state index in [1.54, 1.807) is 6.92 Å². The van der Waals surface area contributed by atoms with Crippen molar-refractivity contribution >= 4 is 23.5 Å². The van der Waals surface area contributed by atoms with Crippen LogP contribution in [0.5, 0.6) is 0 Å². The second-order valence-corrected chi connectivity index (χ2v) is 6.04. The van der Waals surface area contributed by atoms with Crippen LogP contribution >= 0.6 is 11.8 Å². The Kier molecular flexibility index (Phi) is 6.22. The molecular formula is C13H21N3O3S. The van der Waals surface area contributed by atoms with Crippen LogP contribution in [0.15, 0.2) is 11.4 Å². The molecule has 6 nitrogen and oxygen atoms in total. The molecule has 1 aromatic heterocycles. The lowest BCUT2D eigenvalue weighted by Gasteiger charge is -2.18. The van der Waals surface area contributed by atoms with Crippen LogP contribution in [0.1, 0.15) is 38.1 Å². The minimum absolute atomic E-state index is 0.137. The van der Waals surface area contributed by atoms with E-state index >= 15 is 0 Å². The summed E-state index contributed by atoms with van der Waals surface area (Å²) in [6.07, 6.45) is 1.40. The van der Waals surface area contributed by atoms with E-state index in [2.05, 4.69) is 9.97 Å². The molecule has 20 heavy (non-hydrogen) atoms. The first-order valence-electron chi connectivity index (χ1n) is 6.40. The van der Waals surface area contributed by atoms with Gasteiger partial charge in [-0.25, -0.2) is 14.8 Å². The lowest BCUT2D eigenvalue weighted by Crippen LogP contribution is -2.20. The number of ether oxygens (including phenoxy) is 2. The van der Waals surface area contributed by atoms with Gasteiger partial charge >= 0.3 is 5.97 Å². The van der Waals surface area contributed by atoms with Gasteiger partial charge in [-0.05, 0) is 27.7 Å². The topological polar surface area (TPSA) is 87.3 Å². The standard InChI is InChI=1S/C13H21N3O3S/c1-5-18-11(17)9-8-15-12(16-10(9)14)20-7-6-19-13(2,3)4/h8H,5-7H2,1-4H3,(H2,14,15,16). The highest BCUT2D eigenvalue weighted by atomic mass is 32.2. The molecule has 0 unspecified atom stereocenters. The number of carbonyl (C=O) groups excluding carboxylic acids is 1. The maximum Gasteiger partial charge on any atom is 0.343 e. The Labute approximate surface area is 123 Å². The number of anilines is 1. The molecule has 0 aliphatic rings. The summed E-state index contributed by atoms with van der Waals surface area (Å²) in [6.45, 7) is 8.62. The number of hydrogen-bond donors (Lipinski definition) is 1. The zero-order valence-electron chi connectivity index (χ0n) is 12.3. The molecule has 0 radical (unpaired) electrons. The first-order valence-corrected chi connectivity index (χ1v) is 7.38. The maximum atomic E-state index is 11.5. The molecule has 2 N–H and O–H groups in total. The Morgan fingerprint density at radius 1 is 1.45 bits per heavy atom. The molecule has 0 aliphatic heterocycles. The number of aromatic nitrogens is 2. The number of nitrogens with two attached hydrogens (primary N) is 1. The van der Waals surface area contributed by atoms with Gasteiger partial charge < -0.3 is 15.2 Å². The summed E-state index contributed by atoms with van der Waals surface area (Å²) in [5.74, 6) is 0.352. The van der Waals surface area contributed by atoms with Gasteiger partial charge in [0, 0.05) is 11.9 Å². The van der Waals surface area contributed by atoms with Crippen molar-refractivity contribution < 1.29 is 14.3 Å². The number of thioether (sulfide) groups is 1. The molecular weight excluding hydrogens is 278 g/mol. The molecule has 1 heterocycles. The van der Waals surface area contributed by atoms with Gasteiger partial charge in [-0.15, -0.1) is 0 Å². The Bertz CT molecular complexity index is 461. The van der Waals surface area contributed by atoms with Crippen molar-refractivity contribution in [3.05, 3.63) is 11.8 Å². The molecule has 0 saturated heterocycles. The fourth-order valence-electron chi connectivity index (χ4n) is 1.29. The molecule has 0 aromatic carbocycles. The van der Waals surface area contributed by atoms with E-state index in [0.717, 1.165) is 5.75 Å². The lowest BCUT2D eigenvalue weighted by atomic mass is 10.2. The van der Waals surface area contributed by atoms with Crippen LogP contribution in [0.4, 0.5) is 5.82 Å². The fourth-order valence-corrected chi connectivity index (χ4v) is 1.93. The second-order valence-electron chi connectivity index (χ2n) is 4.98. The van der Waals surface area contributed by atoms with Crippen LogP contribution in [0.2, 0.25) is 0 Å². The van der Waals surface area contributed by atoms with E-state index in [1.165, 1.54) is 18.0 Å². The van der Waals surface area contributed by atoms with Crippen LogP contribution in [0.25, 0.3) is 0 Å². The minimum atomic E-state index is -0.502. The van der Waals surface area contributed by atoms with E-state index in [4.69, 9.17) is 15.2 Å². The van der Waals surface area contributed by atoms with E-state index < -0.39 is 5.97 Å². The monoisotopic (exact) mass is 299 g/mol. The molecule has 1 rings (SSSR count). The smallest absolute Gasteiger partial charge is 0.343 e. The Hall–Kier alpha value is -1.34. The number of rotatable bonds is 6. The number of esters is 1. The molecule has 0 saturated carbocycles. The van der Waals surface area contributed by atoms with Gasteiger partial charge in [0.2, 0.25) is 0 Å². The molecule has 0 bridgehead atoms. The quantitative estimate of drug-likeness (QED) is 0.372. The van der Waals surface area contributed by atoms with Crippen molar-refractivity contribution in [2.75, 3.05) is 24.7 Å². The molecule has 0 spiro atoms. The van der Waals surface area contributed by atoms with Gasteiger partial charge in [0.1, 0.15) is 11.4 Å². The molecule has 112 valence electrons. The maximum absolute atomic E-state index is 11.5. The summed E-state index contributed by atoms with van der Waals surface area (Å²) in [5.41, 5.74) is 5.77. The molecule has 7 heteroatoms. The summed E-state index contributed by atoms with van der Waals surface area (Å²) >= 11 is 1.43. The third-order valence-corrected chi connectivity index (χ3v) is 2.97. The largest absolute Gasteiger partial charge is 0.462 e. The van der Waals surface area contributed by atoms with Crippen molar-refractivity contribution in [3.8, 4) is 0 Å². The van der Waals surface area contributed by atoms with Gasteiger partial charge in [-0.1, -0.05) is 11.8 Å². The predicted octanol–water partition coefficient (Wildman–Crippen LogP) is 2.14. The normalized spacial score (nSPS) is 11.4. The Morgan fingerprint density at radius 3 is 2.70 bits per heavy atom. The highest BCUT2D eigenvalue weighted by Gasteiger charge is 2.14. The lowest BCUT2D eigenvalue weighted by molar-refractivity contribution is 0.00692. The Balaban J connectivity index is 2.53. The molecule has 0 atom stereocenters. The van der Waals surface area contributed by atoms with E-state index in [9.17, 15) is 4.79 Å². The highest BCUT2D eigenvalue weighted by molar-refractivity contribution is 7.99. The van der Waals surface area contributed by atoms with Crippen LogP contribution < -0.4 is 5.73 Å². The van der Waals surface area contributed by atoms with E-state index in [0.29, 0.717) is 18.4 Å². The first-order chi connectivity index (χ1) is 9.33. The highest BCUT2D eigenvalue weighted by Crippen LogP contribution is 2.17. The van der Waals surface area contributed by atoms with Crippen LogP contribution in [-0.2, 0) is 9.47 Å². The third-order valence-electron chi connectivity index (χ3n) is 2.14. The zero-order valence-corrected chi connectivity index (χ0v) is 13.1. The van der Waals surface area contributed by atoms with Gasteiger partial charge in [-0.3, -0.25) is 0 Å². The van der Waals surface area contributed by atoms with Crippen LogP contribution in [0.3, 0.4) is 0 Å². The van der Waals surface area contributed by atoms with Gasteiger partial charge in [0.25, 0.3) is 0 Å². The fraction of sp³-hybridized carbons (Fsp3) is 0.615. The van der Waals surface area contributed by atoms with Gasteiger partial charge in [-0.2, -0.15) is 0 Å². The number of carbonyl (C=O) groups is 1. The zero-order chi connectivity index (χ0) is 15.2. The van der Waals surface area contributed by atoms with Crippen molar-refractivity contribution in [2.45, 2.75) is 38.5 Å². The average Bonchev–Trinajstić information content (AvgIpc) is 2.34. The molecule has 0 amide bonds.